The highest BCUT2D eigenvalue weighted by atomic mass is 14.7. The van der Waals surface area contributed by atoms with Gasteiger partial charge < -0.3 is 0 Å². The molecular weight excluding hydrogens is 230 g/mol. The van der Waals surface area contributed by atoms with Gasteiger partial charge in [0, 0.05) is 17.1 Å². The van der Waals surface area contributed by atoms with Crippen molar-refractivity contribution < 1.29 is 0 Å². The molecule has 0 bridgehead atoms. The van der Waals surface area contributed by atoms with Crippen LogP contribution in [0.15, 0.2) is 48.7 Å². The van der Waals surface area contributed by atoms with Crippen LogP contribution in [0.1, 0.15) is 16.7 Å². The smallest absolute Gasteiger partial charge is 0.0711 e. The van der Waals surface area contributed by atoms with Crippen molar-refractivity contribution in [3.8, 4) is 11.3 Å². The molecule has 0 fully saturated rings. The second-order valence-electron chi connectivity index (χ2n) is 5.17. The number of pyridine rings is 1. The lowest BCUT2D eigenvalue weighted by Gasteiger charge is -2.10. The van der Waals surface area contributed by atoms with Crippen molar-refractivity contribution in [3.63, 3.8) is 0 Å². The van der Waals surface area contributed by atoms with Crippen molar-refractivity contribution in [2.45, 2.75) is 20.8 Å². The minimum Gasteiger partial charge on any atom is -0.256 e. The summed E-state index contributed by atoms with van der Waals surface area (Å²) in [6.07, 6.45) is 1.96. The zero-order chi connectivity index (χ0) is 13.4. The number of rotatable bonds is 1. The highest BCUT2D eigenvalue weighted by molar-refractivity contribution is 5.85. The van der Waals surface area contributed by atoms with E-state index >= 15 is 0 Å². The van der Waals surface area contributed by atoms with Crippen molar-refractivity contribution in [1.82, 2.24) is 4.98 Å². The summed E-state index contributed by atoms with van der Waals surface area (Å²) in [6.45, 7) is 6.46. The fraction of sp³-hybridized carbons (Fsp3) is 0.167. The molecule has 0 aliphatic rings. The second-order valence-corrected chi connectivity index (χ2v) is 5.17. The van der Waals surface area contributed by atoms with E-state index in [0.717, 1.165) is 5.69 Å². The first-order valence-corrected chi connectivity index (χ1v) is 6.58. The molecular formula is C18H17N. The average Bonchev–Trinajstić information content (AvgIpc) is 2.42. The summed E-state index contributed by atoms with van der Waals surface area (Å²) in [7, 11) is 0. The van der Waals surface area contributed by atoms with E-state index in [0.29, 0.717) is 0 Å². The number of benzene rings is 2. The van der Waals surface area contributed by atoms with Gasteiger partial charge in [0.2, 0.25) is 0 Å². The molecule has 0 aliphatic carbocycles. The first kappa shape index (κ1) is 11.9. The Balaban J connectivity index is 2.24. The van der Waals surface area contributed by atoms with E-state index < -0.39 is 0 Å². The molecule has 2 aromatic carbocycles. The Bertz CT molecular complexity index is 757. The normalized spacial score (nSPS) is 10.9. The van der Waals surface area contributed by atoms with Gasteiger partial charge in [0.25, 0.3) is 0 Å². The molecule has 94 valence electrons. The number of fused-ring (bicyclic) bond motifs is 1. The van der Waals surface area contributed by atoms with Crippen molar-refractivity contribution in [1.29, 1.82) is 0 Å². The SMILES string of the molecule is Cc1cc(C)c(C)c(-c2cc3ccccc3cn2)c1. The third-order valence-corrected chi connectivity index (χ3v) is 3.72. The van der Waals surface area contributed by atoms with E-state index in [9.17, 15) is 0 Å². The molecule has 1 nitrogen and oxygen atoms in total. The van der Waals surface area contributed by atoms with Crippen LogP contribution in [0, 0.1) is 20.8 Å². The lowest BCUT2D eigenvalue weighted by molar-refractivity contribution is 1.27. The van der Waals surface area contributed by atoms with E-state index in [1.165, 1.54) is 33.0 Å². The quantitative estimate of drug-likeness (QED) is 0.600. The van der Waals surface area contributed by atoms with Gasteiger partial charge in [0.1, 0.15) is 0 Å². The molecule has 1 heterocycles. The zero-order valence-electron chi connectivity index (χ0n) is 11.6. The minimum absolute atomic E-state index is 1.06. The van der Waals surface area contributed by atoms with Gasteiger partial charge in [-0.15, -0.1) is 0 Å². The lowest BCUT2D eigenvalue weighted by Crippen LogP contribution is -1.92. The largest absolute Gasteiger partial charge is 0.256 e. The van der Waals surface area contributed by atoms with Crippen LogP contribution < -0.4 is 0 Å². The number of hydrogen-bond acceptors (Lipinski definition) is 1. The van der Waals surface area contributed by atoms with E-state index in [4.69, 9.17) is 0 Å². The summed E-state index contributed by atoms with van der Waals surface area (Å²) < 4.78 is 0. The van der Waals surface area contributed by atoms with E-state index in [-0.39, 0.29) is 0 Å². The van der Waals surface area contributed by atoms with E-state index in [2.05, 4.69) is 62.2 Å². The topological polar surface area (TPSA) is 12.9 Å². The third-order valence-electron chi connectivity index (χ3n) is 3.72. The molecule has 19 heavy (non-hydrogen) atoms. The van der Waals surface area contributed by atoms with Crippen molar-refractivity contribution >= 4 is 10.8 Å². The first-order chi connectivity index (χ1) is 9.15. The fourth-order valence-electron chi connectivity index (χ4n) is 2.54. The van der Waals surface area contributed by atoms with Crippen molar-refractivity contribution in [2.75, 3.05) is 0 Å². The summed E-state index contributed by atoms with van der Waals surface area (Å²) >= 11 is 0. The Hall–Kier alpha value is -2.15. The molecule has 0 amide bonds. The van der Waals surface area contributed by atoms with Crippen LogP contribution in [-0.4, -0.2) is 4.98 Å². The van der Waals surface area contributed by atoms with E-state index in [1.54, 1.807) is 0 Å². The number of hydrogen-bond donors (Lipinski definition) is 0. The number of aromatic nitrogens is 1. The minimum atomic E-state index is 1.06. The van der Waals surface area contributed by atoms with Gasteiger partial charge in [-0.25, -0.2) is 0 Å². The monoisotopic (exact) mass is 247 g/mol. The van der Waals surface area contributed by atoms with Crippen LogP contribution in [0.5, 0.6) is 0 Å². The fourth-order valence-corrected chi connectivity index (χ4v) is 2.54. The molecule has 0 atom stereocenters. The molecule has 0 saturated heterocycles. The van der Waals surface area contributed by atoms with Crippen molar-refractivity contribution in [3.05, 3.63) is 65.4 Å². The molecule has 0 saturated carbocycles. The summed E-state index contributed by atoms with van der Waals surface area (Å²) in [6, 6.07) is 15.0. The Labute approximate surface area is 113 Å². The van der Waals surface area contributed by atoms with E-state index in [1.807, 2.05) is 12.3 Å². The van der Waals surface area contributed by atoms with Gasteiger partial charge in [-0.1, -0.05) is 35.9 Å². The predicted octanol–water partition coefficient (Wildman–Crippen LogP) is 4.83. The molecule has 0 spiro atoms. The Morgan fingerprint density at radius 2 is 1.58 bits per heavy atom. The van der Waals surface area contributed by atoms with Crippen LogP contribution in [-0.2, 0) is 0 Å². The van der Waals surface area contributed by atoms with Crippen LogP contribution in [0.4, 0.5) is 0 Å². The van der Waals surface area contributed by atoms with Crippen LogP contribution in [0.25, 0.3) is 22.0 Å². The summed E-state index contributed by atoms with van der Waals surface area (Å²) in [5, 5.41) is 2.43. The molecule has 3 aromatic rings. The second kappa shape index (κ2) is 4.51. The maximum Gasteiger partial charge on any atom is 0.0711 e. The maximum atomic E-state index is 4.62. The molecule has 0 N–H and O–H groups in total. The van der Waals surface area contributed by atoms with Gasteiger partial charge in [-0.2, -0.15) is 0 Å². The highest BCUT2D eigenvalue weighted by Crippen LogP contribution is 2.27. The lowest BCUT2D eigenvalue weighted by atomic mass is 9.97. The molecule has 1 heteroatoms. The molecule has 0 aliphatic heterocycles. The van der Waals surface area contributed by atoms with Crippen LogP contribution >= 0.6 is 0 Å². The maximum absolute atomic E-state index is 4.62. The van der Waals surface area contributed by atoms with Crippen LogP contribution in [0.2, 0.25) is 0 Å². The first-order valence-electron chi connectivity index (χ1n) is 6.58. The predicted molar refractivity (Wildman–Crippen MR) is 81.4 cm³/mol. The number of nitrogens with zero attached hydrogens (tertiary/aromatic N) is 1. The molecule has 0 unspecified atom stereocenters. The van der Waals surface area contributed by atoms with Gasteiger partial charge in [0.05, 0.1) is 5.69 Å². The standard InChI is InChI=1S/C18H17N/c1-12-8-13(2)14(3)17(9-12)18-10-15-6-4-5-7-16(15)11-19-18/h4-11H,1-3H3. The Morgan fingerprint density at radius 1 is 0.842 bits per heavy atom. The van der Waals surface area contributed by atoms with Crippen molar-refractivity contribution in [2.24, 2.45) is 0 Å². The zero-order valence-corrected chi connectivity index (χ0v) is 11.6. The highest BCUT2D eigenvalue weighted by Gasteiger charge is 2.07. The van der Waals surface area contributed by atoms with Crippen LogP contribution in [0.3, 0.4) is 0 Å². The van der Waals surface area contributed by atoms with Gasteiger partial charge in [-0.3, -0.25) is 4.98 Å². The summed E-state index contributed by atoms with van der Waals surface area (Å²) in [5.41, 5.74) is 6.22. The molecule has 3 rings (SSSR count). The van der Waals surface area contributed by atoms with Gasteiger partial charge in [0.15, 0.2) is 0 Å². The Kier molecular flexibility index (Phi) is 2.83. The summed E-state index contributed by atoms with van der Waals surface area (Å²) in [5.74, 6) is 0. The Morgan fingerprint density at radius 3 is 2.37 bits per heavy atom. The van der Waals surface area contributed by atoms with Gasteiger partial charge in [-0.05, 0) is 49.4 Å². The summed E-state index contributed by atoms with van der Waals surface area (Å²) in [4.78, 5) is 4.62. The molecule has 1 aromatic heterocycles. The third kappa shape index (κ3) is 2.12. The number of aryl methyl sites for hydroxylation is 2. The average molecular weight is 247 g/mol. The molecule has 0 radical (unpaired) electrons. The van der Waals surface area contributed by atoms with Gasteiger partial charge >= 0.3 is 0 Å².